The molecule has 7 heteroatoms. The monoisotopic (exact) mass is 435 g/mol. The first-order valence-electron chi connectivity index (χ1n) is 11.5. The van der Waals surface area contributed by atoms with Crippen LogP contribution < -0.4 is 9.64 Å². The maximum Gasteiger partial charge on any atom is 0.254 e. The third-order valence-electron chi connectivity index (χ3n) is 6.12. The van der Waals surface area contributed by atoms with E-state index in [0.29, 0.717) is 12.1 Å². The number of methoxy groups -OCH3 is 1. The molecule has 1 aliphatic heterocycles. The van der Waals surface area contributed by atoms with Gasteiger partial charge in [0.25, 0.3) is 5.91 Å². The van der Waals surface area contributed by atoms with Gasteiger partial charge in [-0.25, -0.2) is 9.67 Å². The molecule has 1 fully saturated rings. The zero-order chi connectivity index (χ0) is 22.8. The molecule has 32 heavy (non-hydrogen) atoms. The molecular weight excluding hydrogens is 402 g/mol. The summed E-state index contributed by atoms with van der Waals surface area (Å²) in [7, 11) is 1.68. The van der Waals surface area contributed by atoms with E-state index in [0.717, 1.165) is 54.2 Å². The summed E-state index contributed by atoms with van der Waals surface area (Å²) in [5, 5.41) is 5.37. The van der Waals surface area contributed by atoms with Crippen molar-refractivity contribution in [1.29, 1.82) is 0 Å². The fraction of sp³-hybridized carbons (Fsp3) is 0.480. The molecule has 1 aromatic carbocycles. The van der Waals surface area contributed by atoms with Crippen molar-refractivity contribution < 1.29 is 9.53 Å². The highest BCUT2D eigenvalue weighted by Crippen LogP contribution is 2.26. The minimum Gasteiger partial charge on any atom is -0.497 e. The molecule has 0 aliphatic carbocycles. The second kappa shape index (κ2) is 9.18. The van der Waals surface area contributed by atoms with Gasteiger partial charge in [0.1, 0.15) is 5.75 Å². The van der Waals surface area contributed by atoms with E-state index in [1.807, 2.05) is 27.8 Å². The molecule has 2 aromatic heterocycles. The lowest BCUT2D eigenvalue weighted by Gasteiger charge is -2.24. The first-order chi connectivity index (χ1) is 15.4. The molecule has 0 saturated carbocycles. The summed E-state index contributed by atoms with van der Waals surface area (Å²) in [4.78, 5) is 22.8. The Hall–Kier alpha value is -3.09. The van der Waals surface area contributed by atoms with Gasteiger partial charge in [-0.3, -0.25) is 4.79 Å². The average Bonchev–Trinajstić information content (AvgIpc) is 3.08. The Morgan fingerprint density at radius 2 is 1.78 bits per heavy atom. The number of carbonyl (C=O) groups excluding carboxylic acids is 1. The fourth-order valence-corrected chi connectivity index (χ4v) is 4.23. The summed E-state index contributed by atoms with van der Waals surface area (Å²) < 4.78 is 7.18. The molecule has 0 bridgehead atoms. The van der Waals surface area contributed by atoms with Crippen molar-refractivity contribution in [2.75, 3.05) is 38.2 Å². The highest BCUT2D eigenvalue weighted by molar-refractivity contribution is 6.05. The molecule has 3 aromatic rings. The van der Waals surface area contributed by atoms with Crippen LogP contribution in [0.25, 0.3) is 11.0 Å². The Kier molecular flexibility index (Phi) is 6.35. The van der Waals surface area contributed by atoms with E-state index in [-0.39, 0.29) is 17.9 Å². The van der Waals surface area contributed by atoms with Gasteiger partial charge >= 0.3 is 0 Å². The second-order valence-corrected chi connectivity index (χ2v) is 9.00. The molecule has 170 valence electrons. The summed E-state index contributed by atoms with van der Waals surface area (Å²) >= 11 is 0. The van der Waals surface area contributed by atoms with Crippen molar-refractivity contribution in [3.05, 3.63) is 47.8 Å². The predicted octanol–water partition coefficient (Wildman–Crippen LogP) is 4.50. The zero-order valence-corrected chi connectivity index (χ0v) is 19.7. The normalized spacial score (nSPS) is 15.0. The number of fused-ring (bicyclic) bond motifs is 1. The minimum absolute atomic E-state index is 0.0687. The first kappa shape index (κ1) is 22.1. The van der Waals surface area contributed by atoms with E-state index < -0.39 is 0 Å². The Labute approximate surface area is 190 Å². The van der Waals surface area contributed by atoms with Gasteiger partial charge in [-0.05, 0) is 56.5 Å². The molecule has 3 heterocycles. The highest BCUT2D eigenvalue weighted by Gasteiger charge is 2.25. The van der Waals surface area contributed by atoms with E-state index in [4.69, 9.17) is 9.72 Å². The molecule has 0 spiro atoms. The minimum atomic E-state index is 0.0687. The Morgan fingerprint density at radius 1 is 1.03 bits per heavy atom. The lowest BCUT2D eigenvalue weighted by Crippen LogP contribution is -2.35. The SMILES string of the molecule is COc1ccc(N2CCCN(C(=O)c3cc(C(C)C)nc4c3cnn4C(C)C)CC2)cc1. The molecular formula is C25H33N5O2. The van der Waals surface area contributed by atoms with Crippen LogP contribution in [-0.4, -0.2) is 58.9 Å². The summed E-state index contributed by atoms with van der Waals surface area (Å²) in [6, 6.07) is 10.3. The third-order valence-corrected chi connectivity index (χ3v) is 6.12. The third kappa shape index (κ3) is 4.29. The van der Waals surface area contributed by atoms with Gasteiger partial charge in [-0.2, -0.15) is 5.10 Å². The summed E-state index contributed by atoms with van der Waals surface area (Å²) in [5.74, 6) is 1.15. The molecule has 0 atom stereocenters. The van der Waals surface area contributed by atoms with Gasteiger partial charge in [-0.1, -0.05) is 13.8 Å². The molecule has 0 N–H and O–H groups in total. The van der Waals surface area contributed by atoms with Gasteiger partial charge in [0, 0.05) is 43.6 Å². The topological polar surface area (TPSA) is 63.5 Å². The number of rotatable bonds is 5. The number of hydrogen-bond acceptors (Lipinski definition) is 5. The lowest BCUT2D eigenvalue weighted by atomic mass is 10.0. The number of aromatic nitrogens is 3. The van der Waals surface area contributed by atoms with Crippen molar-refractivity contribution in [2.24, 2.45) is 0 Å². The van der Waals surface area contributed by atoms with Crippen LogP contribution in [0.4, 0.5) is 5.69 Å². The van der Waals surface area contributed by atoms with Gasteiger partial charge in [0.05, 0.1) is 24.3 Å². The number of benzene rings is 1. The fourth-order valence-electron chi connectivity index (χ4n) is 4.23. The summed E-state index contributed by atoms with van der Waals surface area (Å²) in [6.45, 7) is 11.5. The van der Waals surface area contributed by atoms with Gasteiger partial charge in [0.2, 0.25) is 0 Å². The lowest BCUT2D eigenvalue weighted by molar-refractivity contribution is 0.0769. The van der Waals surface area contributed by atoms with Crippen molar-refractivity contribution in [3.8, 4) is 5.75 Å². The number of pyridine rings is 1. The zero-order valence-electron chi connectivity index (χ0n) is 19.7. The average molecular weight is 436 g/mol. The first-order valence-corrected chi connectivity index (χ1v) is 11.5. The number of nitrogens with zero attached hydrogens (tertiary/aromatic N) is 5. The van der Waals surface area contributed by atoms with Crippen LogP contribution in [0.2, 0.25) is 0 Å². The van der Waals surface area contributed by atoms with E-state index in [9.17, 15) is 4.79 Å². The molecule has 7 nitrogen and oxygen atoms in total. The molecule has 4 rings (SSSR count). The number of hydrogen-bond donors (Lipinski definition) is 0. The van der Waals surface area contributed by atoms with Crippen LogP contribution >= 0.6 is 0 Å². The quantitative estimate of drug-likeness (QED) is 0.591. The number of amides is 1. The molecule has 1 amide bonds. The van der Waals surface area contributed by atoms with Gasteiger partial charge < -0.3 is 14.5 Å². The molecule has 1 saturated heterocycles. The smallest absolute Gasteiger partial charge is 0.254 e. The van der Waals surface area contributed by atoms with Crippen LogP contribution in [0.3, 0.4) is 0 Å². The highest BCUT2D eigenvalue weighted by atomic mass is 16.5. The van der Waals surface area contributed by atoms with Crippen LogP contribution in [0.15, 0.2) is 36.5 Å². The molecule has 0 unspecified atom stereocenters. The molecule has 1 aliphatic rings. The van der Waals surface area contributed by atoms with Crippen molar-refractivity contribution in [1.82, 2.24) is 19.7 Å². The van der Waals surface area contributed by atoms with Gasteiger partial charge in [-0.15, -0.1) is 0 Å². The Bertz CT molecular complexity index is 1090. The van der Waals surface area contributed by atoms with Crippen LogP contribution in [0, 0.1) is 0 Å². The molecule has 0 radical (unpaired) electrons. The summed E-state index contributed by atoms with van der Waals surface area (Å²) in [5.41, 5.74) is 3.59. The largest absolute Gasteiger partial charge is 0.497 e. The standard InChI is InChI=1S/C25H33N5O2/c1-17(2)23-15-21(22-16-26-30(18(3)4)24(22)27-23)25(31)29-12-6-11-28(13-14-29)19-7-9-20(32-5)10-8-19/h7-10,15-18H,6,11-14H2,1-5H3. The van der Waals surface area contributed by atoms with E-state index in [1.54, 1.807) is 13.3 Å². The van der Waals surface area contributed by atoms with E-state index >= 15 is 0 Å². The number of ether oxygens (including phenoxy) is 1. The van der Waals surface area contributed by atoms with Gasteiger partial charge in [0.15, 0.2) is 5.65 Å². The van der Waals surface area contributed by atoms with Crippen LogP contribution in [0.1, 0.15) is 62.1 Å². The second-order valence-electron chi connectivity index (χ2n) is 9.00. The van der Waals surface area contributed by atoms with Crippen LogP contribution in [-0.2, 0) is 0 Å². The van der Waals surface area contributed by atoms with E-state index in [1.165, 1.54) is 0 Å². The Morgan fingerprint density at radius 3 is 2.44 bits per heavy atom. The number of anilines is 1. The maximum absolute atomic E-state index is 13.7. The Balaban J connectivity index is 1.60. The van der Waals surface area contributed by atoms with Crippen molar-refractivity contribution in [2.45, 2.75) is 46.1 Å². The van der Waals surface area contributed by atoms with Crippen molar-refractivity contribution in [3.63, 3.8) is 0 Å². The van der Waals surface area contributed by atoms with Crippen molar-refractivity contribution >= 4 is 22.6 Å². The van der Waals surface area contributed by atoms with E-state index in [2.05, 4.69) is 49.8 Å². The maximum atomic E-state index is 13.7. The summed E-state index contributed by atoms with van der Waals surface area (Å²) in [6.07, 6.45) is 2.72. The predicted molar refractivity (Wildman–Crippen MR) is 128 cm³/mol. The van der Waals surface area contributed by atoms with Crippen LogP contribution in [0.5, 0.6) is 5.75 Å². The number of carbonyl (C=O) groups is 1.